The number of ether oxygens (including phenoxy) is 1. The minimum Gasteiger partial charge on any atom is -0.478 e. The second kappa shape index (κ2) is 12.5. The fourth-order valence-electron chi connectivity index (χ4n) is 4.42. The summed E-state index contributed by atoms with van der Waals surface area (Å²) in [6.45, 7) is 6.14. The van der Waals surface area contributed by atoms with E-state index in [4.69, 9.17) is 4.74 Å². The first-order valence-electron chi connectivity index (χ1n) is 12.1. The summed E-state index contributed by atoms with van der Waals surface area (Å²) in [7, 11) is 0. The Labute approximate surface area is 202 Å². The van der Waals surface area contributed by atoms with Crippen LogP contribution in [0.15, 0.2) is 66.2 Å². The number of benzene rings is 2. The van der Waals surface area contributed by atoms with Gasteiger partial charge >= 0.3 is 5.97 Å². The lowest BCUT2D eigenvalue weighted by atomic mass is 9.87. The van der Waals surface area contributed by atoms with E-state index in [2.05, 4.69) is 47.0 Å². The number of aliphatic carboxylic acids is 1. The third-order valence-electron chi connectivity index (χ3n) is 6.34. The molecule has 0 fully saturated rings. The van der Waals surface area contributed by atoms with Gasteiger partial charge in [-0.2, -0.15) is 0 Å². The molecule has 1 amide bonds. The third-order valence-corrected chi connectivity index (χ3v) is 6.34. The number of carbonyl (C=O) groups is 2. The molecule has 0 bridgehead atoms. The maximum absolute atomic E-state index is 12.0. The molecule has 0 radical (unpaired) electrons. The summed E-state index contributed by atoms with van der Waals surface area (Å²) in [6.07, 6.45) is 4.01. The van der Waals surface area contributed by atoms with E-state index < -0.39 is 12.1 Å². The van der Waals surface area contributed by atoms with E-state index in [0.717, 1.165) is 24.8 Å². The monoisotopic (exact) mass is 464 g/mol. The Bertz CT molecular complexity index is 968. The topological polar surface area (TPSA) is 87.7 Å². The molecule has 3 atom stereocenters. The molecule has 1 aliphatic rings. The van der Waals surface area contributed by atoms with Crippen molar-refractivity contribution in [1.29, 1.82) is 0 Å². The molecule has 1 aliphatic carbocycles. The fraction of sp³-hybridized carbons (Fsp3) is 0.429. The highest BCUT2D eigenvalue weighted by molar-refractivity contribution is 5.87. The Morgan fingerprint density at radius 2 is 1.62 bits per heavy atom. The number of carboxylic acid groups (broad SMARTS) is 1. The average molecular weight is 465 g/mol. The zero-order chi connectivity index (χ0) is 24.5. The molecule has 0 saturated heterocycles. The highest BCUT2D eigenvalue weighted by atomic mass is 16.5. The van der Waals surface area contributed by atoms with Gasteiger partial charge in [-0.05, 0) is 48.4 Å². The molecule has 0 aliphatic heterocycles. The van der Waals surface area contributed by atoms with Crippen LogP contribution in [0.4, 0.5) is 0 Å². The van der Waals surface area contributed by atoms with Crippen molar-refractivity contribution in [2.24, 2.45) is 0 Å². The van der Waals surface area contributed by atoms with Crippen molar-refractivity contribution in [3.63, 3.8) is 0 Å². The van der Waals surface area contributed by atoms with Crippen LogP contribution in [0.3, 0.4) is 0 Å². The van der Waals surface area contributed by atoms with E-state index in [0.29, 0.717) is 18.5 Å². The minimum atomic E-state index is -0.948. The van der Waals surface area contributed by atoms with Crippen LogP contribution in [0, 0.1) is 0 Å². The molecular weight excluding hydrogens is 428 g/mol. The summed E-state index contributed by atoms with van der Waals surface area (Å²) < 4.78 is 6.24. The molecule has 0 heterocycles. The van der Waals surface area contributed by atoms with Crippen LogP contribution in [0.5, 0.6) is 0 Å². The molecule has 6 nitrogen and oxygen atoms in total. The maximum atomic E-state index is 12.0. The van der Waals surface area contributed by atoms with Crippen molar-refractivity contribution in [2.45, 2.75) is 77.3 Å². The summed E-state index contributed by atoms with van der Waals surface area (Å²) in [5.74, 6) is -1.11. The van der Waals surface area contributed by atoms with Crippen molar-refractivity contribution in [3.05, 3.63) is 82.9 Å². The van der Waals surface area contributed by atoms with Gasteiger partial charge in [-0.3, -0.25) is 4.79 Å². The standard InChI is InChI=1S/C28H36N2O4/c1-4-24(5-2)34-26-17-23(28(32)33)16-25(27(26)30-19(3)31)29-18-22-13-11-21(12-14-22)15-20-9-7-6-8-10-20/h6-14,17,24-27,29H,4-5,15-16,18H2,1-3H3,(H,30,31)(H,32,33)/t25-,26+,27+/m0/s1. The zero-order valence-corrected chi connectivity index (χ0v) is 20.3. The van der Waals surface area contributed by atoms with Gasteiger partial charge in [0.2, 0.25) is 5.91 Å². The molecule has 2 aromatic rings. The first-order valence-corrected chi connectivity index (χ1v) is 12.1. The summed E-state index contributed by atoms with van der Waals surface area (Å²) in [6, 6.07) is 18.2. The number of amides is 1. The van der Waals surface area contributed by atoms with E-state index in [9.17, 15) is 14.7 Å². The van der Waals surface area contributed by atoms with E-state index in [1.807, 2.05) is 32.0 Å². The van der Waals surface area contributed by atoms with Crippen molar-refractivity contribution >= 4 is 11.9 Å². The van der Waals surface area contributed by atoms with Gasteiger partial charge in [0, 0.05) is 25.1 Å². The number of rotatable bonds is 11. The number of hydrogen-bond acceptors (Lipinski definition) is 4. The van der Waals surface area contributed by atoms with Crippen LogP contribution < -0.4 is 10.6 Å². The van der Waals surface area contributed by atoms with Crippen LogP contribution in [0.25, 0.3) is 0 Å². The number of nitrogens with one attached hydrogen (secondary N) is 2. The molecular formula is C28H36N2O4. The normalized spacial score (nSPS) is 20.1. The Kier molecular flexibility index (Phi) is 9.42. The maximum Gasteiger partial charge on any atom is 0.331 e. The quantitative estimate of drug-likeness (QED) is 0.463. The van der Waals surface area contributed by atoms with E-state index in [-0.39, 0.29) is 24.1 Å². The third kappa shape index (κ3) is 7.27. The molecule has 0 saturated carbocycles. The van der Waals surface area contributed by atoms with Crippen molar-refractivity contribution < 1.29 is 19.4 Å². The highest BCUT2D eigenvalue weighted by Gasteiger charge is 2.37. The van der Waals surface area contributed by atoms with Gasteiger partial charge in [0.15, 0.2) is 0 Å². The molecule has 3 rings (SSSR count). The fourth-order valence-corrected chi connectivity index (χ4v) is 4.42. The number of carbonyl (C=O) groups excluding carboxylic acids is 1. The molecule has 34 heavy (non-hydrogen) atoms. The highest BCUT2D eigenvalue weighted by Crippen LogP contribution is 2.25. The largest absolute Gasteiger partial charge is 0.478 e. The Morgan fingerprint density at radius 1 is 1.00 bits per heavy atom. The van der Waals surface area contributed by atoms with Gasteiger partial charge in [-0.15, -0.1) is 0 Å². The van der Waals surface area contributed by atoms with Crippen molar-refractivity contribution in [2.75, 3.05) is 0 Å². The van der Waals surface area contributed by atoms with Gasteiger partial charge in [-0.25, -0.2) is 4.79 Å². The number of hydrogen-bond donors (Lipinski definition) is 3. The molecule has 2 aromatic carbocycles. The van der Waals surface area contributed by atoms with E-state index in [1.165, 1.54) is 18.1 Å². The summed E-state index contributed by atoms with van der Waals surface area (Å²) in [5.41, 5.74) is 3.92. The second-order valence-electron chi connectivity index (χ2n) is 8.93. The van der Waals surface area contributed by atoms with Crippen molar-refractivity contribution in [3.8, 4) is 0 Å². The lowest BCUT2D eigenvalue weighted by molar-refractivity contribution is -0.133. The van der Waals surface area contributed by atoms with Crippen LogP contribution in [-0.4, -0.2) is 41.3 Å². The van der Waals surface area contributed by atoms with Gasteiger partial charge in [-0.1, -0.05) is 68.4 Å². The molecule has 0 unspecified atom stereocenters. The van der Waals surface area contributed by atoms with E-state index >= 15 is 0 Å². The van der Waals surface area contributed by atoms with E-state index in [1.54, 1.807) is 6.08 Å². The van der Waals surface area contributed by atoms with Gasteiger partial charge < -0.3 is 20.5 Å². The van der Waals surface area contributed by atoms with Crippen LogP contribution in [0.2, 0.25) is 0 Å². The SMILES string of the molecule is CCC(CC)O[C@@H]1C=C(C(=O)O)C[C@H](NCc2ccc(Cc3ccccc3)cc2)[C@H]1NC(C)=O. The molecule has 0 spiro atoms. The lowest BCUT2D eigenvalue weighted by Crippen LogP contribution is -2.58. The number of carboxylic acids is 1. The second-order valence-corrected chi connectivity index (χ2v) is 8.93. The van der Waals surface area contributed by atoms with Crippen molar-refractivity contribution in [1.82, 2.24) is 10.6 Å². The molecule has 6 heteroatoms. The summed E-state index contributed by atoms with van der Waals surface area (Å²) in [4.78, 5) is 23.8. The first-order chi connectivity index (χ1) is 16.4. The van der Waals surface area contributed by atoms with Crippen LogP contribution >= 0.6 is 0 Å². The first kappa shape index (κ1) is 25.7. The Hall–Kier alpha value is -2.96. The van der Waals surface area contributed by atoms with Gasteiger partial charge in [0.1, 0.15) is 0 Å². The van der Waals surface area contributed by atoms with Crippen LogP contribution in [-0.2, 0) is 27.3 Å². The average Bonchev–Trinajstić information content (AvgIpc) is 2.83. The molecule has 0 aromatic heterocycles. The predicted molar refractivity (Wildman–Crippen MR) is 134 cm³/mol. The van der Waals surface area contributed by atoms with Gasteiger partial charge in [0.05, 0.1) is 18.2 Å². The predicted octanol–water partition coefficient (Wildman–Crippen LogP) is 4.23. The molecule has 3 N–H and O–H groups in total. The smallest absolute Gasteiger partial charge is 0.331 e. The Morgan fingerprint density at radius 3 is 2.21 bits per heavy atom. The van der Waals surface area contributed by atoms with Gasteiger partial charge in [0.25, 0.3) is 0 Å². The Balaban J connectivity index is 1.71. The molecule has 182 valence electrons. The minimum absolute atomic E-state index is 0.00321. The lowest BCUT2D eigenvalue weighted by Gasteiger charge is -2.38. The zero-order valence-electron chi connectivity index (χ0n) is 20.3. The van der Waals surface area contributed by atoms with Crippen LogP contribution in [0.1, 0.15) is 56.7 Å². The summed E-state index contributed by atoms with van der Waals surface area (Å²) in [5, 5.41) is 16.2. The summed E-state index contributed by atoms with van der Waals surface area (Å²) >= 11 is 0.